The first-order valence-electron chi connectivity index (χ1n) is 10.3. The number of fused-ring (bicyclic) bond motifs is 1. The molecule has 7 nitrogen and oxygen atoms in total. The molecular formula is C23H24N4O3S2. The maximum atomic E-state index is 12.7. The van der Waals surface area contributed by atoms with Crippen molar-refractivity contribution in [1.82, 2.24) is 14.8 Å². The highest BCUT2D eigenvalue weighted by Gasteiger charge is 2.28. The number of thiophene rings is 1. The van der Waals surface area contributed by atoms with Crippen molar-refractivity contribution in [3.63, 3.8) is 0 Å². The normalized spacial score (nSPS) is 12.4. The number of rotatable bonds is 8. The van der Waals surface area contributed by atoms with Gasteiger partial charge in [-0.2, -0.15) is 0 Å². The van der Waals surface area contributed by atoms with Gasteiger partial charge in [-0.05, 0) is 37.3 Å². The fourth-order valence-electron chi connectivity index (χ4n) is 3.82. The van der Waals surface area contributed by atoms with Gasteiger partial charge < -0.3 is 10.1 Å². The zero-order valence-corrected chi connectivity index (χ0v) is 19.6. The van der Waals surface area contributed by atoms with Gasteiger partial charge in [0, 0.05) is 17.0 Å². The second kappa shape index (κ2) is 9.70. The number of ether oxygens (including phenoxy) is 1. The van der Waals surface area contributed by atoms with Gasteiger partial charge in [0.05, 0.1) is 18.4 Å². The molecule has 32 heavy (non-hydrogen) atoms. The largest absolute Gasteiger partial charge is 0.465 e. The minimum absolute atomic E-state index is 0.145. The number of carbonyl (C=O) groups is 2. The van der Waals surface area contributed by atoms with Crippen LogP contribution in [0.3, 0.4) is 0 Å². The molecule has 0 unspecified atom stereocenters. The van der Waals surface area contributed by atoms with Crippen molar-refractivity contribution in [1.29, 1.82) is 0 Å². The summed E-state index contributed by atoms with van der Waals surface area (Å²) in [7, 11) is 1.36. The van der Waals surface area contributed by atoms with E-state index >= 15 is 0 Å². The van der Waals surface area contributed by atoms with Crippen LogP contribution in [-0.4, -0.2) is 39.5 Å². The molecule has 0 bridgehead atoms. The molecule has 0 radical (unpaired) electrons. The number of carbonyl (C=O) groups excluding carboxylic acids is 2. The molecule has 1 aromatic carbocycles. The van der Waals surface area contributed by atoms with E-state index in [0.717, 1.165) is 46.7 Å². The topological polar surface area (TPSA) is 86.1 Å². The number of allylic oxidation sites excluding steroid dienone is 1. The Kier molecular flexibility index (Phi) is 6.76. The molecule has 0 aliphatic heterocycles. The van der Waals surface area contributed by atoms with Crippen molar-refractivity contribution in [2.24, 2.45) is 0 Å². The highest BCUT2D eigenvalue weighted by Crippen LogP contribution is 2.39. The molecule has 166 valence electrons. The number of aryl methyl sites for hydroxylation is 2. The van der Waals surface area contributed by atoms with Crippen molar-refractivity contribution in [2.45, 2.75) is 37.9 Å². The second-order valence-corrected chi connectivity index (χ2v) is 9.46. The molecule has 2 aromatic heterocycles. The molecule has 4 rings (SSSR count). The summed E-state index contributed by atoms with van der Waals surface area (Å²) in [6.07, 6.45) is 4.58. The number of hydrogen-bond acceptors (Lipinski definition) is 7. The summed E-state index contributed by atoms with van der Waals surface area (Å²) in [5.41, 5.74) is 3.60. The van der Waals surface area contributed by atoms with Crippen molar-refractivity contribution >= 4 is 40.0 Å². The van der Waals surface area contributed by atoms with E-state index in [0.29, 0.717) is 22.3 Å². The van der Waals surface area contributed by atoms with Crippen molar-refractivity contribution in [2.75, 3.05) is 18.2 Å². The SMILES string of the molecule is C=CCn1c(SCC(=O)Nc2sc3c(c2C(=O)OC)CCC3)nnc1-c1ccccc1C. The summed E-state index contributed by atoms with van der Waals surface area (Å²) in [6, 6.07) is 7.98. The minimum atomic E-state index is -0.402. The predicted octanol–water partition coefficient (Wildman–Crippen LogP) is 4.51. The number of methoxy groups -OCH3 is 1. The van der Waals surface area contributed by atoms with Crippen LogP contribution in [0.25, 0.3) is 11.4 Å². The number of amides is 1. The highest BCUT2D eigenvalue weighted by molar-refractivity contribution is 7.99. The number of nitrogens with one attached hydrogen (secondary N) is 1. The van der Waals surface area contributed by atoms with E-state index in [2.05, 4.69) is 22.1 Å². The van der Waals surface area contributed by atoms with E-state index in [1.54, 1.807) is 6.08 Å². The molecule has 1 aliphatic carbocycles. The van der Waals surface area contributed by atoms with Gasteiger partial charge in [-0.15, -0.1) is 28.1 Å². The standard InChI is InChI=1S/C23H24N4O3S2/c1-4-12-27-20(15-9-6-5-8-14(15)2)25-26-23(27)31-13-18(28)24-21-19(22(29)30-3)16-10-7-11-17(16)32-21/h4-6,8-9H,1,7,10-13H2,2-3H3,(H,24,28). The second-order valence-electron chi connectivity index (χ2n) is 7.41. The van der Waals surface area contributed by atoms with Gasteiger partial charge >= 0.3 is 5.97 Å². The van der Waals surface area contributed by atoms with Crippen molar-refractivity contribution in [3.05, 3.63) is 58.5 Å². The van der Waals surface area contributed by atoms with E-state index in [1.807, 2.05) is 35.8 Å². The smallest absolute Gasteiger partial charge is 0.341 e. The van der Waals surface area contributed by atoms with Crippen LogP contribution in [0, 0.1) is 6.92 Å². The predicted molar refractivity (Wildman–Crippen MR) is 127 cm³/mol. The van der Waals surface area contributed by atoms with E-state index in [4.69, 9.17) is 4.74 Å². The van der Waals surface area contributed by atoms with E-state index in [1.165, 1.54) is 30.2 Å². The third kappa shape index (κ3) is 4.35. The third-order valence-corrected chi connectivity index (χ3v) is 7.48. The van der Waals surface area contributed by atoms with Gasteiger partial charge in [0.1, 0.15) is 5.00 Å². The Morgan fingerprint density at radius 3 is 2.88 bits per heavy atom. The number of hydrogen-bond donors (Lipinski definition) is 1. The summed E-state index contributed by atoms with van der Waals surface area (Å²) in [5.74, 6) is 0.284. The van der Waals surface area contributed by atoms with Crippen LogP contribution in [0.1, 0.15) is 32.8 Å². The molecule has 3 aromatic rings. The average Bonchev–Trinajstić information content (AvgIpc) is 3.47. The molecule has 0 spiro atoms. The molecular weight excluding hydrogens is 444 g/mol. The summed E-state index contributed by atoms with van der Waals surface area (Å²) < 4.78 is 6.90. The fourth-order valence-corrected chi connectivity index (χ4v) is 5.86. The Morgan fingerprint density at radius 2 is 2.12 bits per heavy atom. The lowest BCUT2D eigenvalue weighted by Gasteiger charge is -2.10. The van der Waals surface area contributed by atoms with Gasteiger partial charge in [0.15, 0.2) is 11.0 Å². The summed E-state index contributed by atoms with van der Waals surface area (Å²) in [6.45, 7) is 6.40. The van der Waals surface area contributed by atoms with Crippen LogP contribution in [-0.2, 0) is 28.9 Å². The number of anilines is 1. The highest BCUT2D eigenvalue weighted by atomic mass is 32.2. The first kappa shape index (κ1) is 22.3. The fraction of sp³-hybridized carbons (Fsp3) is 0.304. The quantitative estimate of drug-likeness (QED) is 0.297. The summed E-state index contributed by atoms with van der Waals surface area (Å²) in [5, 5.41) is 12.8. The van der Waals surface area contributed by atoms with E-state index in [-0.39, 0.29) is 11.7 Å². The Balaban J connectivity index is 1.50. The average molecular weight is 469 g/mol. The van der Waals surface area contributed by atoms with Crippen LogP contribution in [0.4, 0.5) is 5.00 Å². The molecule has 1 aliphatic rings. The Hall–Kier alpha value is -2.91. The van der Waals surface area contributed by atoms with Gasteiger partial charge in [0.2, 0.25) is 5.91 Å². The zero-order chi connectivity index (χ0) is 22.7. The first-order valence-corrected chi connectivity index (χ1v) is 12.1. The summed E-state index contributed by atoms with van der Waals surface area (Å²) >= 11 is 2.77. The van der Waals surface area contributed by atoms with Crippen LogP contribution in [0.15, 0.2) is 42.1 Å². The number of thioether (sulfide) groups is 1. The number of benzene rings is 1. The molecule has 0 saturated carbocycles. The van der Waals surface area contributed by atoms with Crippen LogP contribution in [0.2, 0.25) is 0 Å². The van der Waals surface area contributed by atoms with Crippen LogP contribution >= 0.6 is 23.1 Å². The van der Waals surface area contributed by atoms with E-state index < -0.39 is 5.97 Å². The zero-order valence-electron chi connectivity index (χ0n) is 18.0. The molecule has 9 heteroatoms. The molecule has 2 heterocycles. The van der Waals surface area contributed by atoms with Crippen molar-refractivity contribution < 1.29 is 14.3 Å². The molecule has 0 fully saturated rings. The van der Waals surface area contributed by atoms with Crippen LogP contribution < -0.4 is 5.32 Å². The Bertz CT molecular complexity index is 1180. The maximum Gasteiger partial charge on any atom is 0.341 e. The third-order valence-electron chi connectivity index (χ3n) is 5.31. The minimum Gasteiger partial charge on any atom is -0.465 e. The Labute approximate surface area is 194 Å². The van der Waals surface area contributed by atoms with Gasteiger partial charge in [-0.1, -0.05) is 42.1 Å². The molecule has 1 amide bonds. The lowest BCUT2D eigenvalue weighted by molar-refractivity contribution is -0.113. The maximum absolute atomic E-state index is 12.7. The Morgan fingerprint density at radius 1 is 1.31 bits per heavy atom. The monoisotopic (exact) mass is 468 g/mol. The van der Waals surface area contributed by atoms with Gasteiger partial charge in [-0.3, -0.25) is 9.36 Å². The summed E-state index contributed by atoms with van der Waals surface area (Å²) in [4.78, 5) is 26.2. The van der Waals surface area contributed by atoms with Gasteiger partial charge in [0.25, 0.3) is 0 Å². The lowest BCUT2D eigenvalue weighted by atomic mass is 10.1. The lowest BCUT2D eigenvalue weighted by Crippen LogP contribution is -2.16. The molecule has 1 N–H and O–H groups in total. The molecule has 0 saturated heterocycles. The number of nitrogens with zero attached hydrogens (tertiary/aromatic N) is 3. The molecule has 0 atom stereocenters. The first-order chi connectivity index (χ1) is 15.5. The van der Waals surface area contributed by atoms with Crippen LogP contribution in [0.5, 0.6) is 0 Å². The number of esters is 1. The number of aromatic nitrogens is 3. The van der Waals surface area contributed by atoms with Gasteiger partial charge in [-0.25, -0.2) is 4.79 Å². The van der Waals surface area contributed by atoms with E-state index in [9.17, 15) is 9.59 Å². The van der Waals surface area contributed by atoms with Crippen molar-refractivity contribution in [3.8, 4) is 11.4 Å².